The van der Waals surface area contributed by atoms with E-state index in [-0.39, 0.29) is 22.0 Å². The first kappa shape index (κ1) is 28.5. The maximum atomic E-state index is 13.7. The van der Waals surface area contributed by atoms with Crippen LogP contribution in [-0.4, -0.2) is 35.0 Å². The second kappa shape index (κ2) is 11.3. The van der Waals surface area contributed by atoms with Crippen LogP contribution in [0.3, 0.4) is 0 Å². The van der Waals surface area contributed by atoms with Crippen molar-refractivity contribution < 1.29 is 23.9 Å². The van der Waals surface area contributed by atoms with Crippen molar-refractivity contribution in [2.24, 2.45) is 0 Å². The number of hydrogen-bond donors (Lipinski definition) is 1. The Bertz CT molecular complexity index is 1610. The van der Waals surface area contributed by atoms with Crippen molar-refractivity contribution in [1.29, 1.82) is 0 Å². The number of nitrogens with zero attached hydrogens (tertiary/aromatic N) is 1. The number of para-hydroxylation sites is 1. The van der Waals surface area contributed by atoms with E-state index < -0.39 is 23.4 Å². The molecule has 0 fully saturated rings. The Balaban J connectivity index is 1.80. The van der Waals surface area contributed by atoms with Crippen molar-refractivity contribution in [1.82, 2.24) is 4.98 Å². The van der Waals surface area contributed by atoms with Crippen LogP contribution >= 0.6 is 34.5 Å². The van der Waals surface area contributed by atoms with Crippen molar-refractivity contribution in [3.8, 4) is 11.3 Å². The SMILES string of the molecule is CCOC(=O)c1c(NC(=O)c2cc(-c3ccc(Cl)c(Cl)c3)nc3ccccc23)sc(C(=O)OC(C)(C)C)c1C. The van der Waals surface area contributed by atoms with Gasteiger partial charge < -0.3 is 14.8 Å². The molecule has 0 aliphatic rings. The number of benzene rings is 2. The number of carbonyl (C=O) groups is 3. The quantitative estimate of drug-likeness (QED) is 0.231. The number of aromatic nitrogens is 1. The molecule has 7 nitrogen and oxygen atoms in total. The standard InChI is InChI=1S/C29H26Cl2N2O5S/c1-6-37-27(35)23-15(2)24(28(36)38-29(3,4)5)39-26(23)33-25(34)18-14-22(16-11-12-19(30)20(31)13-16)32-21-10-8-7-9-17(18)21/h7-14H,6H2,1-5H3,(H,33,34). The van der Waals surface area contributed by atoms with Crippen LogP contribution in [-0.2, 0) is 9.47 Å². The zero-order valence-corrected chi connectivity index (χ0v) is 24.3. The molecule has 4 aromatic rings. The average molecular weight is 586 g/mol. The van der Waals surface area contributed by atoms with E-state index in [0.29, 0.717) is 43.3 Å². The third-order valence-corrected chi connectivity index (χ3v) is 7.54. The summed E-state index contributed by atoms with van der Waals surface area (Å²) in [4.78, 5) is 44.4. The van der Waals surface area contributed by atoms with Gasteiger partial charge in [0.25, 0.3) is 5.91 Å². The summed E-state index contributed by atoms with van der Waals surface area (Å²) in [6.45, 7) is 8.70. The summed E-state index contributed by atoms with van der Waals surface area (Å²) in [5, 5.41) is 4.39. The number of esters is 2. The fourth-order valence-corrected chi connectivity index (χ4v) is 5.27. The highest BCUT2D eigenvalue weighted by Crippen LogP contribution is 2.36. The van der Waals surface area contributed by atoms with E-state index in [9.17, 15) is 14.4 Å². The lowest BCUT2D eigenvalue weighted by Crippen LogP contribution is -2.23. The molecular formula is C29H26Cl2N2O5S. The fraction of sp³-hybridized carbons (Fsp3) is 0.241. The number of rotatable bonds is 6. The lowest BCUT2D eigenvalue weighted by Gasteiger charge is -2.19. The monoisotopic (exact) mass is 584 g/mol. The summed E-state index contributed by atoms with van der Waals surface area (Å²) < 4.78 is 10.8. The Hall–Kier alpha value is -3.46. The van der Waals surface area contributed by atoms with Crippen molar-refractivity contribution in [2.45, 2.75) is 40.2 Å². The Kier molecular flexibility index (Phi) is 8.30. The third-order valence-electron chi connectivity index (χ3n) is 5.61. The number of carbonyl (C=O) groups excluding carboxylic acids is 3. The van der Waals surface area contributed by atoms with E-state index in [1.54, 1.807) is 77.1 Å². The molecule has 0 saturated heterocycles. The van der Waals surface area contributed by atoms with Crippen LogP contribution in [0.1, 0.15) is 63.6 Å². The number of anilines is 1. The molecule has 0 atom stereocenters. The summed E-state index contributed by atoms with van der Waals surface area (Å²) in [5.41, 5.74) is 1.85. The molecule has 0 unspecified atom stereocenters. The average Bonchev–Trinajstić information content (AvgIpc) is 3.19. The summed E-state index contributed by atoms with van der Waals surface area (Å²) in [5.74, 6) is -1.72. The molecule has 39 heavy (non-hydrogen) atoms. The largest absolute Gasteiger partial charge is 0.462 e. The van der Waals surface area contributed by atoms with E-state index in [1.807, 2.05) is 6.07 Å². The van der Waals surface area contributed by atoms with Crippen LogP contribution in [0.4, 0.5) is 5.00 Å². The van der Waals surface area contributed by atoms with E-state index in [2.05, 4.69) is 5.32 Å². The van der Waals surface area contributed by atoms with Gasteiger partial charge >= 0.3 is 11.9 Å². The van der Waals surface area contributed by atoms with Crippen LogP contribution in [0.25, 0.3) is 22.2 Å². The predicted octanol–water partition coefficient (Wildman–Crippen LogP) is 7.96. The molecule has 2 heterocycles. The Morgan fingerprint density at radius 2 is 1.72 bits per heavy atom. The second-order valence-corrected chi connectivity index (χ2v) is 11.5. The number of thiophene rings is 1. The molecule has 10 heteroatoms. The van der Waals surface area contributed by atoms with E-state index >= 15 is 0 Å². The molecule has 0 bridgehead atoms. The Morgan fingerprint density at radius 1 is 1.00 bits per heavy atom. The van der Waals surface area contributed by atoms with Gasteiger partial charge in [-0.1, -0.05) is 47.5 Å². The first-order valence-electron chi connectivity index (χ1n) is 12.1. The van der Waals surface area contributed by atoms with E-state index in [0.717, 1.165) is 11.3 Å². The Labute approximate surface area is 240 Å². The number of fused-ring (bicyclic) bond motifs is 1. The number of halogens is 2. The van der Waals surface area contributed by atoms with Crippen LogP contribution < -0.4 is 5.32 Å². The Morgan fingerprint density at radius 3 is 2.38 bits per heavy atom. The first-order valence-corrected chi connectivity index (χ1v) is 13.7. The third kappa shape index (κ3) is 6.24. The summed E-state index contributed by atoms with van der Waals surface area (Å²) >= 11 is 13.3. The highest BCUT2D eigenvalue weighted by Gasteiger charge is 2.30. The molecular weight excluding hydrogens is 559 g/mol. The normalized spacial score (nSPS) is 11.4. The summed E-state index contributed by atoms with van der Waals surface area (Å²) in [6.07, 6.45) is 0. The molecule has 0 spiro atoms. The van der Waals surface area contributed by atoms with Gasteiger partial charge in [0.2, 0.25) is 0 Å². The van der Waals surface area contributed by atoms with Gasteiger partial charge in [0.1, 0.15) is 15.5 Å². The molecule has 1 N–H and O–H groups in total. The van der Waals surface area contributed by atoms with Crippen LogP contribution in [0.15, 0.2) is 48.5 Å². The zero-order valence-electron chi connectivity index (χ0n) is 22.0. The maximum absolute atomic E-state index is 13.7. The van der Waals surface area contributed by atoms with Gasteiger partial charge in [0.15, 0.2) is 0 Å². The molecule has 0 aliphatic heterocycles. The van der Waals surface area contributed by atoms with Crippen molar-refractivity contribution in [3.63, 3.8) is 0 Å². The van der Waals surface area contributed by atoms with Crippen molar-refractivity contribution in [3.05, 3.63) is 80.1 Å². The van der Waals surface area contributed by atoms with Crippen LogP contribution in [0.2, 0.25) is 10.0 Å². The molecule has 4 rings (SSSR count). The summed E-state index contributed by atoms with van der Waals surface area (Å²) in [7, 11) is 0. The smallest absolute Gasteiger partial charge is 0.349 e. The highest BCUT2D eigenvalue weighted by atomic mass is 35.5. The van der Waals surface area contributed by atoms with Gasteiger partial charge in [0, 0.05) is 10.9 Å². The predicted molar refractivity (Wildman–Crippen MR) is 155 cm³/mol. The number of amides is 1. The van der Waals surface area contributed by atoms with Crippen molar-refractivity contribution >= 4 is 68.3 Å². The number of nitrogens with one attached hydrogen (secondary N) is 1. The summed E-state index contributed by atoms with van der Waals surface area (Å²) in [6, 6.07) is 14.0. The van der Waals surface area contributed by atoms with Gasteiger partial charge in [-0.05, 0) is 64.4 Å². The van der Waals surface area contributed by atoms with Gasteiger partial charge in [-0.15, -0.1) is 11.3 Å². The van der Waals surface area contributed by atoms with Crippen LogP contribution in [0, 0.1) is 6.92 Å². The van der Waals surface area contributed by atoms with Gasteiger partial charge in [-0.25, -0.2) is 14.6 Å². The minimum absolute atomic E-state index is 0.110. The second-order valence-electron chi connectivity index (χ2n) is 9.64. The number of pyridine rings is 1. The first-order chi connectivity index (χ1) is 18.4. The van der Waals surface area contributed by atoms with E-state index in [1.165, 1.54) is 0 Å². The van der Waals surface area contributed by atoms with Gasteiger partial charge in [-0.3, -0.25) is 4.79 Å². The minimum atomic E-state index is -0.738. The van der Waals surface area contributed by atoms with Gasteiger partial charge in [-0.2, -0.15) is 0 Å². The maximum Gasteiger partial charge on any atom is 0.349 e. The van der Waals surface area contributed by atoms with E-state index in [4.69, 9.17) is 37.7 Å². The molecule has 0 saturated carbocycles. The topological polar surface area (TPSA) is 94.6 Å². The highest BCUT2D eigenvalue weighted by molar-refractivity contribution is 7.18. The van der Waals surface area contributed by atoms with Gasteiger partial charge in [0.05, 0.1) is 39.0 Å². The molecule has 0 radical (unpaired) electrons. The zero-order chi connectivity index (χ0) is 28.5. The molecule has 0 aliphatic carbocycles. The molecule has 2 aromatic heterocycles. The van der Waals surface area contributed by atoms with Crippen molar-refractivity contribution in [2.75, 3.05) is 11.9 Å². The molecule has 2 aromatic carbocycles. The molecule has 202 valence electrons. The lowest BCUT2D eigenvalue weighted by molar-refractivity contribution is 0.00744. The lowest BCUT2D eigenvalue weighted by atomic mass is 10.0. The molecule has 1 amide bonds. The fourth-order valence-electron chi connectivity index (χ4n) is 3.91. The number of ether oxygens (including phenoxy) is 2. The minimum Gasteiger partial charge on any atom is -0.462 e. The number of hydrogen-bond acceptors (Lipinski definition) is 7. The van der Waals surface area contributed by atoms with Crippen LogP contribution in [0.5, 0.6) is 0 Å².